The molecule has 0 radical (unpaired) electrons. The first-order valence-electron chi connectivity index (χ1n) is 9.68. The summed E-state index contributed by atoms with van der Waals surface area (Å²) in [5.74, 6) is 0.114. The van der Waals surface area contributed by atoms with Gasteiger partial charge in [0, 0.05) is 17.0 Å². The number of amides is 2. The highest BCUT2D eigenvalue weighted by molar-refractivity contribution is 8.00. The third-order valence-corrected chi connectivity index (χ3v) is 5.37. The van der Waals surface area contributed by atoms with Gasteiger partial charge in [0.15, 0.2) is 17.7 Å². The first-order chi connectivity index (χ1) is 15.2. The van der Waals surface area contributed by atoms with Crippen LogP contribution in [0, 0.1) is 13.8 Å². The van der Waals surface area contributed by atoms with Gasteiger partial charge in [-0.3, -0.25) is 9.59 Å². The standard InChI is InChI=1S/C21H22N4O6S/c1-11-9-17(24-30-11)22-19(26)13(3)29-21(28)15-7-5-6-8-16(15)32-14(4)20(27)23-18-10-12(2)31-25-18/h5-10,13-14H,1-4H3,(H,22,24,26)(H,23,25,27). The van der Waals surface area contributed by atoms with Crippen molar-refractivity contribution in [1.82, 2.24) is 10.3 Å². The summed E-state index contributed by atoms with van der Waals surface area (Å²) in [7, 11) is 0. The zero-order chi connectivity index (χ0) is 23.3. The van der Waals surface area contributed by atoms with E-state index < -0.39 is 23.2 Å². The number of carbonyl (C=O) groups is 3. The topological polar surface area (TPSA) is 137 Å². The Kier molecular flexibility index (Phi) is 7.31. The fourth-order valence-electron chi connectivity index (χ4n) is 2.57. The number of hydrogen-bond donors (Lipinski definition) is 2. The molecule has 11 heteroatoms. The number of carbonyl (C=O) groups excluding carboxylic acids is 3. The second-order valence-electron chi connectivity index (χ2n) is 6.93. The predicted octanol–water partition coefficient (Wildman–Crippen LogP) is 3.58. The molecule has 0 aliphatic heterocycles. The number of rotatable bonds is 8. The van der Waals surface area contributed by atoms with Crippen LogP contribution >= 0.6 is 11.8 Å². The van der Waals surface area contributed by atoms with Crippen LogP contribution in [0.1, 0.15) is 35.7 Å². The number of esters is 1. The van der Waals surface area contributed by atoms with Gasteiger partial charge in [0.2, 0.25) is 5.91 Å². The summed E-state index contributed by atoms with van der Waals surface area (Å²) in [4.78, 5) is 38.0. The van der Waals surface area contributed by atoms with E-state index in [0.29, 0.717) is 22.2 Å². The van der Waals surface area contributed by atoms with Gasteiger partial charge in [-0.15, -0.1) is 11.8 Å². The van der Waals surface area contributed by atoms with E-state index in [0.717, 1.165) is 0 Å². The SMILES string of the molecule is Cc1cc(NC(=O)C(C)OC(=O)c2ccccc2SC(C)C(=O)Nc2cc(C)on2)no1. The minimum atomic E-state index is -1.08. The van der Waals surface area contributed by atoms with Crippen molar-refractivity contribution in [3.63, 3.8) is 0 Å². The summed E-state index contributed by atoms with van der Waals surface area (Å²) in [6.07, 6.45) is -1.08. The molecule has 1 aromatic carbocycles. The Hall–Kier alpha value is -3.60. The maximum atomic E-state index is 12.7. The van der Waals surface area contributed by atoms with Crippen molar-refractivity contribution in [2.75, 3.05) is 10.6 Å². The van der Waals surface area contributed by atoms with Crippen LogP contribution in [0.5, 0.6) is 0 Å². The lowest BCUT2D eigenvalue weighted by Crippen LogP contribution is -2.30. The minimum absolute atomic E-state index is 0.230. The third kappa shape index (κ3) is 5.97. The molecule has 2 aromatic heterocycles. The van der Waals surface area contributed by atoms with Crippen LogP contribution in [0.25, 0.3) is 0 Å². The number of thioether (sulfide) groups is 1. The molecular weight excluding hydrogens is 436 g/mol. The number of ether oxygens (including phenoxy) is 1. The lowest BCUT2D eigenvalue weighted by atomic mass is 10.2. The van der Waals surface area contributed by atoms with Gasteiger partial charge in [-0.05, 0) is 39.8 Å². The quantitative estimate of drug-likeness (QED) is 0.383. The second kappa shape index (κ2) is 10.1. The number of benzene rings is 1. The molecule has 2 amide bonds. The van der Waals surface area contributed by atoms with Crippen LogP contribution in [-0.2, 0) is 14.3 Å². The Morgan fingerprint density at radius 1 is 0.938 bits per heavy atom. The lowest BCUT2D eigenvalue weighted by Gasteiger charge is -2.16. The molecule has 2 N–H and O–H groups in total. The van der Waals surface area contributed by atoms with Gasteiger partial charge >= 0.3 is 5.97 Å². The summed E-state index contributed by atoms with van der Waals surface area (Å²) in [6, 6.07) is 9.84. The Morgan fingerprint density at radius 2 is 1.50 bits per heavy atom. The van der Waals surface area contributed by atoms with Gasteiger partial charge in [-0.25, -0.2) is 4.79 Å². The molecule has 0 spiro atoms. The normalized spacial score (nSPS) is 12.6. The summed E-state index contributed by atoms with van der Waals surface area (Å²) in [5, 5.41) is 12.0. The van der Waals surface area contributed by atoms with Gasteiger partial charge in [-0.2, -0.15) is 0 Å². The highest BCUT2D eigenvalue weighted by atomic mass is 32.2. The van der Waals surface area contributed by atoms with E-state index in [9.17, 15) is 14.4 Å². The maximum absolute atomic E-state index is 12.7. The fourth-order valence-corrected chi connectivity index (χ4v) is 3.55. The largest absolute Gasteiger partial charge is 0.449 e. The molecular formula is C21H22N4O6S. The minimum Gasteiger partial charge on any atom is -0.449 e. The number of aromatic nitrogens is 2. The van der Waals surface area contributed by atoms with Crippen molar-refractivity contribution in [3.8, 4) is 0 Å². The molecule has 3 aromatic rings. The number of nitrogens with zero attached hydrogens (tertiary/aromatic N) is 2. The second-order valence-corrected chi connectivity index (χ2v) is 8.31. The Morgan fingerprint density at radius 3 is 2.06 bits per heavy atom. The highest BCUT2D eigenvalue weighted by Crippen LogP contribution is 2.28. The molecule has 0 aliphatic rings. The molecule has 3 rings (SSSR count). The molecule has 0 saturated carbocycles. The Labute approximate surface area is 188 Å². The molecule has 2 atom stereocenters. The maximum Gasteiger partial charge on any atom is 0.340 e. The van der Waals surface area contributed by atoms with Crippen LogP contribution in [0.3, 0.4) is 0 Å². The molecule has 0 bridgehead atoms. The van der Waals surface area contributed by atoms with Crippen LogP contribution in [-0.4, -0.2) is 39.5 Å². The predicted molar refractivity (Wildman–Crippen MR) is 116 cm³/mol. The smallest absolute Gasteiger partial charge is 0.340 e. The van der Waals surface area contributed by atoms with Crippen LogP contribution in [0.4, 0.5) is 11.6 Å². The molecule has 0 aliphatic carbocycles. The molecule has 168 valence electrons. The zero-order valence-corrected chi connectivity index (χ0v) is 18.7. The summed E-state index contributed by atoms with van der Waals surface area (Å²) < 4.78 is 15.1. The number of nitrogens with one attached hydrogen (secondary N) is 2. The molecule has 32 heavy (non-hydrogen) atoms. The van der Waals surface area contributed by atoms with Crippen molar-refractivity contribution in [3.05, 3.63) is 53.5 Å². The van der Waals surface area contributed by atoms with Crippen molar-refractivity contribution < 1.29 is 28.2 Å². The number of anilines is 2. The van der Waals surface area contributed by atoms with E-state index in [1.807, 2.05) is 0 Å². The summed E-state index contributed by atoms with van der Waals surface area (Å²) in [6.45, 7) is 6.56. The Bertz CT molecular complexity index is 1120. The van der Waals surface area contributed by atoms with E-state index in [-0.39, 0.29) is 17.3 Å². The third-order valence-electron chi connectivity index (χ3n) is 4.19. The van der Waals surface area contributed by atoms with Crippen LogP contribution in [0.15, 0.2) is 50.3 Å². The molecule has 0 saturated heterocycles. The van der Waals surface area contributed by atoms with E-state index in [1.165, 1.54) is 18.7 Å². The number of hydrogen-bond acceptors (Lipinski definition) is 9. The first kappa shape index (κ1) is 23.1. The molecule has 0 fully saturated rings. The van der Waals surface area contributed by atoms with Crippen molar-refractivity contribution >= 4 is 41.2 Å². The average molecular weight is 458 g/mol. The molecule has 2 heterocycles. The van der Waals surface area contributed by atoms with Gasteiger partial charge in [0.05, 0.1) is 10.8 Å². The van der Waals surface area contributed by atoms with Gasteiger partial charge in [-0.1, -0.05) is 22.4 Å². The van der Waals surface area contributed by atoms with Crippen molar-refractivity contribution in [2.24, 2.45) is 0 Å². The van der Waals surface area contributed by atoms with E-state index in [1.54, 1.807) is 57.2 Å². The zero-order valence-electron chi connectivity index (χ0n) is 17.9. The Balaban J connectivity index is 1.62. The van der Waals surface area contributed by atoms with Gasteiger partial charge in [0.25, 0.3) is 5.91 Å². The van der Waals surface area contributed by atoms with E-state index in [4.69, 9.17) is 13.8 Å². The summed E-state index contributed by atoms with van der Waals surface area (Å²) in [5.41, 5.74) is 0.242. The van der Waals surface area contributed by atoms with Crippen molar-refractivity contribution in [2.45, 2.75) is 43.9 Å². The first-order valence-corrected chi connectivity index (χ1v) is 10.6. The molecule has 10 nitrogen and oxygen atoms in total. The van der Waals surface area contributed by atoms with Crippen LogP contribution < -0.4 is 10.6 Å². The highest BCUT2D eigenvalue weighted by Gasteiger charge is 2.24. The van der Waals surface area contributed by atoms with Crippen LogP contribution in [0.2, 0.25) is 0 Å². The van der Waals surface area contributed by atoms with Gasteiger partial charge < -0.3 is 24.4 Å². The molecule has 2 unspecified atom stereocenters. The average Bonchev–Trinajstić information content (AvgIpc) is 3.35. The van der Waals surface area contributed by atoms with E-state index >= 15 is 0 Å². The van der Waals surface area contributed by atoms with E-state index in [2.05, 4.69) is 20.9 Å². The number of aryl methyl sites for hydroxylation is 2. The monoisotopic (exact) mass is 458 g/mol. The van der Waals surface area contributed by atoms with Crippen molar-refractivity contribution in [1.29, 1.82) is 0 Å². The fraction of sp³-hybridized carbons (Fsp3) is 0.286. The lowest BCUT2D eigenvalue weighted by molar-refractivity contribution is -0.123. The van der Waals surface area contributed by atoms with Gasteiger partial charge in [0.1, 0.15) is 11.5 Å². The summed E-state index contributed by atoms with van der Waals surface area (Å²) >= 11 is 1.18.